The molecule has 0 amide bonds. The Kier molecular flexibility index (Phi) is 6.34. The number of anilines is 1. The monoisotopic (exact) mass is 450 g/mol. The Balaban J connectivity index is 1.76. The van der Waals surface area contributed by atoms with Crippen LogP contribution >= 0.6 is 0 Å². The average Bonchev–Trinajstić information content (AvgIpc) is 2.70. The number of sulfonamides is 1. The highest BCUT2D eigenvalue weighted by molar-refractivity contribution is 7.89. The number of halogens is 5. The van der Waals surface area contributed by atoms with Crippen LogP contribution in [0.1, 0.15) is 19.4 Å². The summed E-state index contributed by atoms with van der Waals surface area (Å²) in [5.41, 5.74) is -0.777. The second-order valence-electron chi connectivity index (χ2n) is 7.01. The largest absolute Gasteiger partial charge is 0.381 e. The molecule has 0 saturated carbocycles. The first-order valence-corrected chi connectivity index (χ1v) is 10.5. The highest BCUT2D eigenvalue weighted by Crippen LogP contribution is 2.25. The molecule has 3 rings (SSSR count). The van der Waals surface area contributed by atoms with E-state index in [2.05, 4.69) is 5.32 Å². The Morgan fingerprint density at radius 1 is 0.900 bits per heavy atom. The van der Waals surface area contributed by atoms with Crippen LogP contribution in [0.3, 0.4) is 0 Å². The Labute approximate surface area is 170 Å². The molecule has 0 aliphatic carbocycles. The van der Waals surface area contributed by atoms with Crippen molar-refractivity contribution < 1.29 is 35.1 Å². The molecule has 11 heteroatoms. The normalized spacial score (nSPS) is 20.4. The molecule has 1 aliphatic rings. The first-order chi connectivity index (χ1) is 14.0. The van der Waals surface area contributed by atoms with Crippen molar-refractivity contribution >= 4 is 15.7 Å². The molecule has 2 unspecified atom stereocenters. The molecule has 2 atom stereocenters. The van der Waals surface area contributed by atoms with Crippen LogP contribution in [0.25, 0.3) is 0 Å². The first-order valence-electron chi connectivity index (χ1n) is 9.02. The van der Waals surface area contributed by atoms with E-state index in [-0.39, 0.29) is 35.9 Å². The summed E-state index contributed by atoms with van der Waals surface area (Å²) < 4.78 is 99.6. The van der Waals surface area contributed by atoms with E-state index in [1.165, 1.54) is 28.6 Å². The van der Waals surface area contributed by atoms with Gasteiger partial charge in [0.25, 0.3) is 0 Å². The standard InChI is InChI=1S/C19H19F5N2O3S/c1-10-8-26(9-11(2)29-10)30(27,28)13-5-3-12(4-6-13)25-7-14-15(20)17(22)19(24)18(23)16(14)21/h3-6,10-11,25H,7-9H2,1-2H3. The van der Waals surface area contributed by atoms with E-state index in [9.17, 15) is 30.4 Å². The van der Waals surface area contributed by atoms with Gasteiger partial charge in [-0.25, -0.2) is 30.4 Å². The van der Waals surface area contributed by atoms with Crippen molar-refractivity contribution in [3.63, 3.8) is 0 Å². The number of hydrogen-bond donors (Lipinski definition) is 1. The zero-order valence-electron chi connectivity index (χ0n) is 16.1. The van der Waals surface area contributed by atoms with Crippen molar-refractivity contribution in [2.75, 3.05) is 18.4 Å². The maximum Gasteiger partial charge on any atom is 0.243 e. The predicted octanol–water partition coefficient (Wildman–Crippen LogP) is 3.79. The molecule has 1 saturated heterocycles. The van der Waals surface area contributed by atoms with Crippen molar-refractivity contribution in [2.45, 2.75) is 37.5 Å². The number of nitrogens with one attached hydrogen (secondary N) is 1. The smallest absolute Gasteiger partial charge is 0.243 e. The summed E-state index contributed by atoms with van der Waals surface area (Å²) in [6, 6.07) is 5.26. The Morgan fingerprint density at radius 3 is 1.87 bits per heavy atom. The van der Waals surface area contributed by atoms with Gasteiger partial charge < -0.3 is 10.1 Å². The van der Waals surface area contributed by atoms with Crippen LogP contribution < -0.4 is 5.32 Å². The van der Waals surface area contributed by atoms with Crippen molar-refractivity contribution in [3.8, 4) is 0 Å². The number of ether oxygens (including phenoxy) is 1. The molecule has 2 aromatic rings. The van der Waals surface area contributed by atoms with Gasteiger partial charge in [0.2, 0.25) is 15.8 Å². The minimum atomic E-state index is -3.78. The van der Waals surface area contributed by atoms with Crippen LogP contribution in [0.15, 0.2) is 29.2 Å². The highest BCUT2D eigenvalue weighted by atomic mass is 32.2. The van der Waals surface area contributed by atoms with Crippen LogP contribution in [0.2, 0.25) is 0 Å². The van der Waals surface area contributed by atoms with Gasteiger partial charge in [0.15, 0.2) is 23.3 Å². The Morgan fingerprint density at radius 2 is 1.37 bits per heavy atom. The van der Waals surface area contributed by atoms with Gasteiger partial charge in [-0.15, -0.1) is 0 Å². The van der Waals surface area contributed by atoms with E-state index in [4.69, 9.17) is 4.74 Å². The summed E-state index contributed by atoms with van der Waals surface area (Å²) in [6.07, 6.45) is -0.517. The molecule has 30 heavy (non-hydrogen) atoms. The zero-order valence-corrected chi connectivity index (χ0v) is 16.9. The summed E-state index contributed by atoms with van der Waals surface area (Å²) in [6.45, 7) is 3.26. The fourth-order valence-corrected chi connectivity index (χ4v) is 4.81. The molecule has 1 heterocycles. The second kappa shape index (κ2) is 8.48. The van der Waals surface area contributed by atoms with Crippen molar-refractivity contribution in [3.05, 3.63) is 58.9 Å². The topological polar surface area (TPSA) is 58.6 Å². The van der Waals surface area contributed by atoms with Gasteiger partial charge in [-0.05, 0) is 38.1 Å². The Bertz CT molecular complexity index is 1010. The van der Waals surface area contributed by atoms with E-state index in [0.29, 0.717) is 0 Å². The minimum Gasteiger partial charge on any atom is -0.381 e. The molecule has 1 N–H and O–H groups in total. The quantitative estimate of drug-likeness (QED) is 0.428. The van der Waals surface area contributed by atoms with Crippen molar-refractivity contribution in [1.29, 1.82) is 0 Å². The van der Waals surface area contributed by atoms with Gasteiger partial charge in [-0.3, -0.25) is 0 Å². The molecule has 1 aliphatic heterocycles. The van der Waals surface area contributed by atoms with Gasteiger partial charge >= 0.3 is 0 Å². The number of nitrogens with zero attached hydrogens (tertiary/aromatic N) is 1. The van der Waals surface area contributed by atoms with Crippen LogP contribution in [-0.2, 0) is 21.3 Å². The van der Waals surface area contributed by atoms with E-state index in [1.807, 2.05) is 0 Å². The maximum absolute atomic E-state index is 13.7. The first kappa shape index (κ1) is 22.4. The summed E-state index contributed by atoms with van der Waals surface area (Å²) in [7, 11) is -3.78. The molecule has 164 valence electrons. The SMILES string of the molecule is CC1CN(S(=O)(=O)c2ccc(NCc3c(F)c(F)c(F)c(F)c3F)cc2)CC(C)O1. The zero-order chi connectivity index (χ0) is 22.2. The maximum atomic E-state index is 13.7. The minimum absolute atomic E-state index is 0.00517. The van der Waals surface area contributed by atoms with E-state index < -0.39 is 51.2 Å². The lowest BCUT2D eigenvalue weighted by atomic mass is 10.1. The van der Waals surface area contributed by atoms with E-state index in [1.54, 1.807) is 13.8 Å². The summed E-state index contributed by atoms with van der Waals surface area (Å²) in [4.78, 5) is 0.00517. The predicted molar refractivity (Wildman–Crippen MR) is 98.8 cm³/mol. The molecule has 5 nitrogen and oxygen atoms in total. The second-order valence-corrected chi connectivity index (χ2v) is 8.94. The number of hydrogen-bond acceptors (Lipinski definition) is 4. The summed E-state index contributed by atoms with van der Waals surface area (Å²) in [5.74, 6) is -10.1. The third-order valence-electron chi connectivity index (χ3n) is 4.65. The third-order valence-corrected chi connectivity index (χ3v) is 6.49. The lowest BCUT2D eigenvalue weighted by molar-refractivity contribution is -0.0440. The van der Waals surface area contributed by atoms with Crippen molar-refractivity contribution in [1.82, 2.24) is 4.31 Å². The third kappa shape index (κ3) is 4.28. The van der Waals surface area contributed by atoms with Crippen molar-refractivity contribution in [2.24, 2.45) is 0 Å². The summed E-state index contributed by atoms with van der Waals surface area (Å²) >= 11 is 0. The van der Waals surface area contributed by atoms with Crippen LogP contribution in [-0.4, -0.2) is 38.0 Å². The fraction of sp³-hybridized carbons (Fsp3) is 0.368. The molecular formula is C19H19F5N2O3S. The molecule has 0 bridgehead atoms. The van der Waals surface area contributed by atoms with Crippen LogP contribution in [0.4, 0.5) is 27.6 Å². The number of rotatable bonds is 5. The van der Waals surface area contributed by atoms with Gasteiger partial charge in [0, 0.05) is 30.9 Å². The molecule has 0 aromatic heterocycles. The summed E-state index contributed by atoms with van der Waals surface area (Å²) in [5, 5.41) is 2.52. The molecule has 0 radical (unpaired) electrons. The van der Waals surface area contributed by atoms with Gasteiger partial charge in [-0.2, -0.15) is 4.31 Å². The highest BCUT2D eigenvalue weighted by Gasteiger charge is 2.32. The average molecular weight is 450 g/mol. The molecular weight excluding hydrogens is 431 g/mol. The lowest BCUT2D eigenvalue weighted by Crippen LogP contribution is -2.48. The van der Waals surface area contributed by atoms with E-state index in [0.717, 1.165) is 0 Å². The number of morpholine rings is 1. The van der Waals surface area contributed by atoms with Gasteiger partial charge in [0.05, 0.1) is 17.1 Å². The molecule has 1 fully saturated rings. The van der Waals surface area contributed by atoms with Crippen LogP contribution in [0, 0.1) is 29.1 Å². The van der Waals surface area contributed by atoms with Gasteiger partial charge in [-0.1, -0.05) is 0 Å². The molecule has 2 aromatic carbocycles. The Hall–Kier alpha value is -2.24. The number of benzene rings is 2. The van der Waals surface area contributed by atoms with Crippen LogP contribution in [0.5, 0.6) is 0 Å². The van der Waals surface area contributed by atoms with E-state index >= 15 is 0 Å². The molecule has 0 spiro atoms. The fourth-order valence-electron chi connectivity index (χ4n) is 3.22. The van der Waals surface area contributed by atoms with Gasteiger partial charge in [0.1, 0.15) is 0 Å². The lowest BCUT2D eigenvalue weighted by Gasteiger charge is -2.34.